The number of benzene rings is 2. The van der Waals surface area contributed by atoms with E-state index in [4.69, 9.17) is 26.1 Å². The maximum absolute atomic E-state index is 13.7. The van der Waals surface area contributed by atoms with Crippen LogP contribution in [-0.4, -0.2) is 51.3 Å². The smallest absolute Gasteiger partial charge is 0.410 e. The number of methoxy groups -OCH3 is 1. The van der Waals surface area contributed by atoms with Crippen LogP contribution in [0, 0.1) is 17.6 Å². The zero-order valence-electron chi connectivity index (χ0n) is 24.1. The molecule has 0 bridgehead atoms. The van der Waals surface area contributed by atoms with Crippen molar-refractivity contribution < 1.29 is 23.0 Å². The Morgan fingerprint density at radius 3 is 2.67 bits per heavy atom. The molecule has 1 atom stereocenters. The van der Waals surface area contributed by atoms with E-state index >= 15 is 0 Å². The second-order valence-corrected chi connectivity index (χ2v) is 11.9. The third-order valence-corrected chi connectivity index (χ3v) is 7.45. The highest BCUT2D eigenvalue weighted by molar-refractivity contribution is 6.33. The van der Waals surface area contributed by atoms with Crippen molar-refractivity contribution in [1.29, 1.82) is 0 Å². The Bertz CT molecular complexity index is 1600. The maximum atomic E-state index is 13.7. The van der Waals surface area contributed by atoms with Gasteiger partial charge in [-0.2, -0.15) is 4.98 Å². The first-order chi connectivity index (χ1) is 20.0. The summed E-state index contributed by atoms with van der Waals surface area (Å²) in [5, 5.41) is 4.46. The van der Waals surface area contributed by atoms with Gasteiger partial charge in [0.2, 0.25) is 5.95 Å². The molecule has 0 aliphatic carbocycles. The molecule has 1 N–H and O–H groups in total. The number of anilines is 1. The van der Waals surface area contributed by atoms with Crippen molar-refractivity contribution >= 4 is 34.7 Å². The van der Waals surface area contributed by atoms with Crippen LogP contribution in [0.1, 0.15) is 39.2 Å². The van der Waals surface area contributed by atoms with E-state index in [2.05, 4.69) is 14.9 Å². The number of amides is 1. The lowest BCUT2D eigenvalue weighted by Gasteiger charge is -2.34. The number of piperidine rings is 1. The molecule has 2 aromatic heterocycles. The molecule has 1 unspecified atom stereocenters. The van der Waals surface area contributed by atoms with E-state index in [9.17, 15) is 13.6 Å². The number of hydrogen-bond acceptors (Lipinski definition) is 6. The number of carbonyl (C=O) groups is 1. The van der Waals surface area contributed by atoms with Crippen LogP contribution in [0.3, 0.4) is 0 Å². The predicted octanol–water partition coefficient (Wildman–Crippen LogP) is 7.30. The van der Waals surface area contributed by atoms with Gasteiger partial charge in [-0.1, -0.05) is 17.7 Å². The number of aromatic nitrogens is 3. The molecule has 3 heterocycles. The van der Waals surface area contributed by atoms with E-state index in [1.165, 1.54) is 6.07 Å². The van der Waals surface area contributed by atoms with E-state index in [1.54, 1.807) is 24.3 Å². The van der Waals surface area contributed by atoms with Crippen LogP contribution >= 0.6 is 11.6 Å². The Labute approximate surface area is 248 Å². The number of carbonyl (C=O) groups excluding carboxylic acids is 1. The fourth-order valence-electron chi connectivity index (χ4n) is 5.16. The van der Waals surface area contributed by atoms with Gasteiger partial charge in [0.1, 0.15) is 17.0 Å². The van der Waals surface area contributed by atoms with E-state index in [0.29, 0.717) is 47.6 Å². The van der Waals surface area contributed by atoms with E-state index in [-0.39, 0.29) is 18.6 Å². The Kier molecular flexibility index (Phi) is 8.54. The first-order valence-electron chi connectivity index (χ1n) is 13.9. The van der Waals surface area contributed by atoms with E-state index in [0.717, 1.165) is 41.6 Å². The van der Waals surface area contributed by atoms with Crippen molar-refractivity contribution in [2.45, 2.75) is 52.3 Å². The predicted molar refractivity (Wildman–Crippen MR) is 159 cm³/mol. The molecule has 0 radical (unpaired) electrons. The monoisotopic (exact) mass is 597 g/mol. The summed E-state index contributed by atoms with van der Waals surface area (Å²) < 4.78 is 40.1. The van der Waals surface area contributed by atoms with Crippen LogP contribution in [0.25, 0.3) is 22.3 Å². The van der Waals surface area contributed by atoms with Crippen LogP contribution in [0.2, 0.25) is 5.02 Å². The maximum Gasteiger partial charge on any atom is 0.410 e. The molecular formula is C31H34ClF2N5O3. The first kappa shape index (κ1) is 29.6. The van der Waals surface area contributed by atoms with Crippen LogP contribution in [0.5, 0.6) is 5.75 Å². The molecule has 222 valence electrons. The Morgan fingerprint density at radius 2 is 1.95 bits per heavy atom. The van der Waals surface area contributed by atoms with Crippen molar-refractivity contribution in [2.24, 2.45) is 5.92 Å². The number of hydrogen-bond donors (Lipinski definition) is 1. The third-order valence-electron chi connectivity index (χ3n) is 7.13. The lowest BCUT2D eigenvalue weighted by molar-refractivity contribution is 0.0158. The molecule has 1 amide bonds. The Balaban J connectivity index is 1.47. The lowest BCUT2D eigenvalue weighted by atomic mass is 9.98. The minimum Gasteiger partial charge on any atom is -0.497 e. The van der Waals surface area contributed by atoms with Crippen LogP contribution in [0.4, 0.5) is 19.5 Å². The van der Waals surface area contributed by atoms with Gasteiger partial charge in [0.25, 0.3) is 0 Å². The summed E-state index contributed by atoms with van der Waals surface area (Å²) in [6, 6.07) is 11.3. The number of ether oxygens (including phenoxy) is 2. The standard InChI is InChI=1S/C31H34ClF2N5O3/c1-31(2,3)42-30(40)38-11-5-6-20(17-38)18-39-27(23-9-8-22(41-4)14-24(23)32)13-21-16-36-29(37-28(21)39)35-15-19-7-10-25(33)26(34)12-19/h7-10,12-14,16,20H,5-6,11,15,17-18H2,1-4H3,(H,35,36,37). The number of likely N-dealkylation sites (tertiary alicyclic amines) is 1. The zero-order valence-corrected chi connectivity index (χ0v) is 24.8. The fourth-order valence-corrected chi connectivity index (χ4v) is 5.43. The molecule has 4 aromatic rings. The summed E-state index contributed by atoms with van der Waals surface area (Å²) in [6.45, 7) is 7.59. The van der Waals surface area contributed by atoms with Crippen LogP contribution in [0.15, 0.2) is 48.7 Å². The first-order valence-corrected chi connectivity index (χ1v) is 14.2. The minimum absolute atomic E-state index is 0.145. The van der Waals surface area contributed by atoms with Crippen LogP contribution in [-0.2, 0) is 17.8 Å². The minimum atomic E-state index is -0.909. The summed E-state index contributed by atoms with van der Waals surface area (Å²) in [5.41, 5.74) is 2.35. The molecule has 1 aliphatic heterocycles. The highest BCUT2D eigenvalue weighted by atomic mass is 35.5. The molecule has 11 heteroatoms. The van der Waals surface area contributed by atoms with Crippen molar-refractivity contribution in [2.75, 3.05) is 25.5 Å². The Hall–Kier alpha value is -3.92. The summed E-state index contributed by atoms with van der Waals surface area (Å²) in [6.07, 6.45) is 3.20. The largest absolute Gasteiger partial charge is 0.497 e. The molecule has 1 fully saturated rings. The van der Waals surface area contributed by atoms with Gasteiger partial charge in [-0.15, -0.1) is 0 Å². The van der Waals surface area contributed by atoms with Gasteiger partial charge < -0.3 is 24.3 Å². The quantitative estimate of drug-likeness (QED) is 0.241. The van der Waals surface area contributed by atoms with Crippen molar-refractivity contribution in [3.8, 4) is 17.0 Å². The van der Waals surface area contributed by atoms with E-state index in [1.807, 2.05) is 39.0 Å². The number of nitrogens with zero attached hydrogens (tertiary/aromatic N) is 4. The number of nitrogens with one attached hydrogen (secondary N) is 1. The average Bonchev–Trinajstić information content (AvgIpc) is 3.29. The second kappa shape index (κ2) is 12.1. The van der Waals surface area contributed by atoms with Gasteiger partial charge in [-0.25, -0.2) is 18.6 Å². The lowest BCUT2D eigenvalue weighted by Crippen LogP contribution is -2.43. The summed E-state index contributed by atoms with van der Waals surface area (Å²) in [5.74, 6) is -0.667. The highest BCUT2D eigenvalue weighted by Gasteiger charge is 2.29. The second-order valence-electron chi connectivity index (χ2n) is 11.5. The third kappa shape index (κ3) is 6.75. The molecule has 0 saturated carbocycles. The zero-order chi connectivity index (χ0) is 30.0. The van der Waals surface area contributed by atoms with Gasteiger partial charge in [-0.05, 0) is 81.5 Å². The van der Waals surface area contributed by atoms with Crippen molar-refractivity contribution in [3.05, 3.63) is 70.9 Å². The molecule has 1 saturated heterocycles. The normalized spacial score (nSPS) is 15.6. The van der Waals surface area contributed by atoms with Gasteiger partial charge in [-0.3, -0.25) is 0 Å². The molecule has 1 aliphatic rings. The van der Waals surface area contributed by atoms with Crippen molar-refractivity contribution in [3.63, 3.8) is 0 Å². The molecule has 5 rings (SSSR count). The molecule has 2 aromatic carbocycles. The van der Waals surface area contributed by atoms with Gasteiger partial charge in [0.05, 0.1) is 17.8 Å². The average molecular weight is 598 g/mol. The van der Waals surface area contributed by atoms with Gasteiger partial charge >= 0.3 is 6.09 Å². The van der Waals surface area contributed by atoms with Gasteiger partial charge in [0.15, 0.2) is 11.6 Å². The summed E-state index contributed by atoms with van der Waals surface area (Å²) >= 11 is 6.72. The molecular weight excluding hydrogens is 564 g/mol. The highest BCUT2D eigenvalue weighted by Crippen LogP contribution is 2.36. The topological polar surface area (TPSA) is 81.5 Å². The number of rotatable bonds is 7. The molecule has 42 heavy (non-hydrogen) atoms. The summed E-state index contributed by atoms with van der Waals surface area (Å²) in [7, 11) is 1.59. The number of halogens is 3. The Morgan fingerprint density at radius 1 is 1.14 bits per heavy atom. The van der Waals surface area contributed by atoms with Crippen LogP contribution < -0.4 is 10.1 Å². The molecule has 8 nitrogen and oxygen atoms in total. The van der Waals surface area contributed by atoms with Crippen molar-refractivity contribution in [1.82, 2.24) is 19.4 Å². The van der Waals surface area contributed by atoms with E-state index < -0.39 is 17.2 Å². The number of fused-ring (bicyclic) bond motifs is 1. The fraction of sp³-hybridized carbons (Fsp3) is 0.387. The van der Waals surface area contributed by atoms with Gasteiger partial charge in [0, 0.05) is 43.3 Å². The molecule has 0 spiro atoms. The summed E-state index contributed by atoms with van der Waals surface area (Å²) in [4.78, 5) is 23.9. The SMILES string of the molecule is COc1ccc(-c2cc3cnc(NCc4ccc(F)c(F)c4)nc3n2CC2CCCN(C(=O)OC(C)(C)C)C2)c(Cl)c1.